The molecule has 0 atom stereocenters. The molecule has 0 aliphatic carbocycles. The van der Waals surface area contributed by atoms with E-state index in [1.54, 1.807) is 23.6 Å². The first-order valence-corrected chi connectivity index (χ1v) is 9.12. The van der Waals surface area contributed by atoms with Crippen molar-refractivity contribution in [1.82, 2.24) is 4.98 Å². The molecule has 21 heavy (non-hydrogen) atoms. The number of hydrogen-bond donors (Lipinski definition) is 1. The van der Waals surface area contributed by atoms with Gasteiger partial charge in [0.15, 0.2) is 5.78 Å². The maximum Gasteiger partial charge on any atom is 0.247 e. The van der Waals surface area contributed by atoms with E-state index in [1.165, 1.54) is 24.3 Å². The number of carbonyl (C=O) groups excluding carboxylic acids is 1. The SMILES string of the molecule is CC(=O)c1ccc2nc(-c3csc(S(N)(=O)=O)c3)sc2c1. The molecule has 1 aromatic carbocycles. The third-order valence-electron chi connectivity index (χ3n) is 2.90. The lowest BCUT2D eigenvalue weighted by Gasteiger charge is -1.93. The number of primary sulfonamides is 1. The Kier molecular flexibility index (Phi) is 3.40. The lowest BCUT2D eigenvalue weighted by atomic mass is 10.1. The van der Waals surface area contributed by atoms with Crippen LogP contribution in [0.15, 0.2) is 33.9 Å². The summed E-state index contributed by atoms with van der Waals surface area (Å²) in [6, 6.07) is 6.84. The summed E-state index contributed by atoms with van der Waals surface area (Å²) < 4.78 is 23.6. The first kappa shape index (κ1) is 14.3. The number of Topliss-reactive ketones (excluding diaryl/α,β-unsaturated/α-hetero) is 1. The Labute approximate surface area is 129 Å². The van der Waals surface area contributed by atoms with E-state index in [4.69, 9.17) is 5.14 Å². The molecule has 0 fully saturated rings. The predicted molar refractivity (Wildman–Crippen MR) is 84.3 cm³/mol. The van der Waals surface area contributed by atoms with Gasteiger partial charge in [-0.15, -0.1) is 22.7 Å². The average molecular weight is 338 g/mol. The maximum absolute atomic E-state index is 11.4. The quantitative estimate of drug-likeness (QED) is 0.744. The second-order valence-corrected chi connectivity index (χ2v) is 8.19. The van der Waals surface area contributed by atoms with Crippen LogP contribution in [0.25, 0.3) is 20.8 Å². The number of sulfonamides is 1. The van der Waals surface area contributed by atoms with E-state index in [-0.39, 0.29) is 9.99 Å². The Morgan fingerprint density at radius 3 is 2.67 bits per heavy atom. The Morgan fingerprint density at radius 2 is 2.05 bits per heavy atom. The van der Waals surface area contributed by atoms with Crippen molar-refractivity contribution < 1.29 is 13.2 Å². The van der Waals surface area contributed by atoms with Gasteiger partial charge >= 0.3 is 0 Å². The van der Waals surface area contributed by atoms with Gasteiger partial charge in [0.1, 0.15) is 9.22 Å². The van der Waals surface area contributed by atoms with Crippen molar-refractivity contribution >= 4 is 48.7 Å². The molecule has 0 radical (unpaired) electrons. The van der Waals surface area contributed by atoms with Crippen molar-refractivity contribution in [3.05, 3.63) is 35.2 Å². The second kappa shape index (κ2) is 4.99. The summed E-state index contributed by atoms with van der Waals surface area (Å²) in [6.45, 7) is 1.51. The highest BCUT2D eigenvalue weighted by molar-refractivity contribution is 7.91. The summed E-state index contributed by atoms with van der Waals surface area (Å²) >= 11 is 2.48. The van der Waals surface area contributed by atoms with E-state index in [0.717, 1.165) is 27.1 Å². The standard InChI is InChI=1S/C13H10N2O3S3/c1-7(16)8-2-3-10-11(4-8)20-13(15-10)9-5-12(19-6-9)21(14,17)18/h2-6H,1H3,(H2,14,17,18). The molecule has 0 aliphatic heterocycles. The van der Waals surface area contributed by atoms with Crippen molar-refractivity contribution in [2.45, 2.75) is 11.1 Å². The number of aromatic nitrogens is 1. The zero-order valence-electron chi connectivity index (χ0n) is 10.9. The minimum absolute atomic E-state index is 0.00102. The Balaban J connectivity index is 2.09. The third kappa shape index (κ3) is 2.75. The highest BCUT2D eigenvalue weighted by atomic mass is 32.2. The molecule has 2 heterocycles. The molecule has 0 saturated heterocycles. The molecule has 0 unspecified atom stereocenters. The molecule has 0 bridgehead atoms. The van der Waals surface area contributed by atoms with Gasteiger partial charge in [-0.1, -0.05) is 0 Å². The molecule has 2 aromatic heterocycles. The zero-order valence-corrected chi connectivity index (χ0v) is 13.3. The van der Waals surface area contributed by atoms with E-state index >= 15 is 0 Å². The smallest absolute Gasteiger partial charge is 0.247 e. The van der Waals surface area contributed by atoms with Gasteiger partial charge in [0, 0.05) is 16.5 Å². The summed E-state index contributed by atoms with van der Waals surface area (Å²) in [4.78, 5) is 15.8. The number of carbonyl (C=O) groups is 1. The van der Waals surface area contributed by atoms with Crippen molar-refractivity contribution in [3.8, 4) is 10.6 Å². The molecule has 5 nitrogen and oxygen atoms in total. The van der Waals surface area contributed by atoms with Gasteiger partial charge in [-0.3, -0.25) is 4.79 Å². The molecule has 0 amide bonds. The zero-order chi connectivity index (χ0) is 15.2. The number of nitrogens with two attached hydrogens (primary N) is 1. The molecule has 8 heteroatoms. The van der Waals surface area contributed by atoms with Crippen LogP contribution in [0.3, 0.4) is 0 Å². The van der Waals surface area contributed by atoms with Gasteiger partial charge in [0.05, 0.1) is 10.2 Å². The van der Waals surface area contributed by atoms with Gasteiger partial charge in [0.25, 0.3) is 0 Å². The second-order valence-electron chi connectivity index (χ2n) is 4.46. The lowest BCUT2D eigenvalue weighted by Crippen LogP contribution is -2.09. The van der Waals surface area contributed by atoms with E-state index in [0.29, 0.717) is 10.6 Å². The Bertz CT molecular complexity index is 954. The van der Waals surface area contributed by atoms with Gasteiger partial charge in [0.2, 0.25) is 10.0 Å². The van der Waals surface area contributed by atoms with Crippen LogP contribution < -0.4 is 5.14 Å². The molecule has 2 N–H and O–H groups in total. The van der Waals surface area contributed by atoms with Crippen molar-refractivity contribution in [1.29, 1.82) is 0 Å². The highest BCUT2D eigenvalue weighted by Gasteiger charge is 2.15. The third-order valence-corrected chi connectivity index (χ3v) is 6.35. The van der Waals surface area contributed by atoms with Crippen LogP contribution in [0, 0.1) is 0 Å². The van der Waals surface area contributed by atoms with Crippen LogP contribution >= 0.6 is 22.7 Å². The predicted octanol–water partition coefficient (Wildman–Crippen LogP) is 2.87. The first-order valence-electron chi connectivity index (χ1n) is 5.88. The van der Waals surface area contributed by atoms with Gasteiger partial charge < -0.3 is 0 Å². The van der Waals surface area contributed by atoms with Crippen LogP contribution in [-0.4, -0.2) is 19.2 Å². The monoisotopic (exact) mass is 338 g/mol. The maximum atomic E-state index is 11.4. The molecule has 0 spiro atoms. The van der Waals surface area contributed by atoms with E-state index in [1.807, 2.05) is 0 Å². The van der Waals surface area contributed by atoms with Crippen molar-refractivity contribution in [2.24, 2.45) is 5.14 Å². The van der Waals surface area contributed by atoms with Gasteiger partial charge in [-0.25, -0.2) is 18.5 Å². The fourth-order valence-corrected chi connectivity index (χ4v) is 4.50. The summed E-state index contributed by atoms with van der Waals surface area (Å²) in [6.07, 6.45) is 0. The van der Waals surface area contributed by atoms with Crippen molar-refractivity contribution in [2.75, 3.05) is 0 Å². The Hall–Kier alpha value is -1.61. The first-order chi connectivity index (χ1) is 9.84. The van der Waals surface area contributed by atoms with Crippen LogP contribution in [0.4, 0.5) is 0 Å². The summed E-state index contributed by atoms with van der Waals surface area (Å²) in [5, 5.41) is 7.52. The van der Waals surface area contributed by atoms with Gasteiger partial charge in [-0.05, 0) is 31.2 Å². The number of nitrogens with zero attached hydrogens (tertiary/aromatic N) is 1. The molecule has 108 valence electrons. The number of fused-ring (bicyclic) bond motifs is 1. The number of hydrogen-bond acceptors (Lipinski definition) is 6. The van der Waals surface area contributed by atoms with E-state index in [2.05, 4.69) is 4.98 Å². The van der Waals surface area contributed by atoms with Crippen LogP contribution in [0.5, 0.6) is 0 Å². The number of ketones is 1. The van der Waals surface area contributed by atoms with Crippen molar-refractivity contribution in [3.63, 3.8) is 0 Å². The number of benzene rings is 1. The minimum Gasteiger partial charge on any atom is -0.295 e. The number of thiazole rings is 1. The van der Waals surface area contributed by atoms with Crippen LogP contribution in [0.2, 0.25) is 0 Å². The normalized spacial score (nSPS) is 11.9. The fourth-order valence-electron chi connectivity index (χ4n) is 1.84. The summed E-state index contributed by atoms with van der Waals surface area (Å²) in [7, 11) is -3.69. The number of thiophene rings is 1. The molecule has 0 aliphatic rings. The highest BCUT2D eigenvalue weighted by Crippen LogP contribution is 2.34. The molecule has 3 aromatic rings. The topological polar surface area (TPSA) is 90.1 Å². The van der Waals surface area contributed by atoms with Crippen LogP contribution in [0.1, 0.15) is 17.3 Å². The van der Waals surface area contributed by atoms with Crippen LogP contribution in [-0.2, 0) is 10.0 Å². The van der Waals surface area contributed by atoms with E-state index < -0.39 is 10.0 Å². The Morgan fingerprint density at radius 1 is 1.29 bits per heavy atom. The molecular formula is C13H10N2O3S3. The number of rotatable bonds is 3. The summed E-state index contributed by atoms with van der Waals surface area (Å²) in [5.74, 6) is -0.00102. The lowest BCUT2D eigenvalue weighted by molar-refractivity contribution is 0.101. The largest absolute Gasteiger partial charge is 0.295 e. The van der Waals surface area contributed by atoms with Gasteiger partial charge in [-0.2, -0.15) is 0 Å². The summed E-state index contributed by atoms with van der Waals surface area (Å²) in [5.41, 5.74) is 2.13. The molecule has 3 rings (SSSR count). The van der Waals surface area contributed by atoms with E-state index in [9.17, 15) is 13.2 Å². The minimum atomic E-state index is -3.69. The average Bonchev–Trinajstić information content (AvgIpc) is 3.03. The molecular weight excluding hydrogens is 328 g/mol. The fraction of sp³-hybridized carbons (Fsp3) is 0.0769. The molecule has 0 saturated carbocycles.